The molecule has 2 aromatic rings. The summed E-state index contributed by atoms with van der Waals surface area (Å²) in [5, 5.41) is 6.35. The summed E-state index contributed by atoms with van der Waals surface area (Å²) in [6, 6.07) is 9.45. The van der Waals surface area contributed by atoms with E-state index in [0.29, 0.717) is 29.0 Å². The molecule has 1 heterocycles. The summed E-state index contributed by atoms with van der Waals surface area (Å²) in [5.41, 5.74) is 0.967. The average Bonchev–Trinajstić information content (AvgIpc) is 2.90. The highest BCUT2D eigenvalue weighted by Crippen LogP contribution is 2.24. The molecule has 0 bridgehead atoms. The van der Waals surface area contributed by atoms with E-state index in [1.165, 1.54) is 25.7 Å². The van der Waals surface area contributed by atoms with Crippen LogP contribution in [0.5, 0.6) is 5.75 Å². The SMILES string of the molecule is COc1ccccc1NC(=O)c1cc(NC2CCCCCC2)nc(C)n1. The molecular formula is C20H26N4O2. The molecule has 1 amide bonds. The van der Waals surface area contributed by atoms with Gasteiger partial charge in [-0.25, -0.2) is 9.97 Å². The van der Waals surface area contributed by atoms with Crippen LogP contribution in [0, 0.1) is 6.92 Å². The predicted octanol–water partition coefficient (Wildman–Crippen LogP) is 4.18. The van der Waals surface area contributed by atoms with Gasteiger partial charge in [0.25, 0.3) is 5.91 Å². The smallest absolute Gasteiger partial charge is 0.274 e. The van der Waals surface area contributed by atoms with Gasteiger partial charge in [0.1, 0.15) is 23.1 Å². The van der Waals surface area contributed by atoms with Crippen LogP contribution in [0.3, 0.4) is 0 Å². The molecule has 0 aliphatic heterocycles. The standard InChI is InChI=1S/C20H26N4O2/c1-14-21-17(20(25)24-16-11-7-8-12-18(16)26-2)13-19(22-14)23-15-9-5-3-4-6-10-15/h7-8,11-13,15H,3-6,9-10H2,1-2H3,(H,24,25)(H,21,22,23). The number of carbonyl (C=O) groups is 1. The molecule has 0 spiro atoms. The second-order valence-corrected chi connectivity index (χ2v) is 6.67. The van der Waals surface area contributed by atoms with Crippen LogP contribution >= 0.6 is 0 Å². The Bertz CT molecular complexity index is 755. The fourth-order valence-corrected chi connectivity index (χ4v) is 3.33. The highest BCUT2D eigenvalue weighted by atomic mass is 16.5. The second kappa shape index (κ2) is 8.65. The van der Waals surface area contributed by atoms with Crippen molar-refractivity contribution in [1.29, 1.82) is 0 Å². The molecule has 6 heteroatoms. The minimum absolute atomic E-state index is 0.274. The van der Waals surface area contributed by atoms with Crippen LogP contribution < -0.4 is 15.4 Å². The first-order valence-electron chi connectivity index (χ1n) is 9.22. The van der Waals surface area contributed by atoms with Gasteiger partial charge in [-0.1, -0.05) is 37.8 Å². The Hall–Kier alpha value is -2.63. The van der Waals surface area contributed by atoms with Gasteiger partial charge >= 0.3 is 0 Å². The van der Waals surface area contributed by atoms with Crippen molar-refractivity contribution < 1.29 is 9.53 Å². The topological polar surface area (TPSA) is 76.1 Å². The second-order valence-electron chi connectivity index (χ2n) is 6.67. The molecule has 1 aromatic carbocycles. The lowest BCUT2D eigenvalue weighted by Gasteiger charge is -2.17. The minimum atomic E-state index is -0.274. The molecule has 6 nitrogen and oxygen atoms in total. The number of aromatic nitrogens is 2. The maximum Gasteiger partial charge on any atom is 0.274 e. The van der Waals surface area contributed by atoms with Crippen molar-refractivity contribution in [3.8, 4) is 5.75 Å². The van der Waals surface area contributed by atoms with Crippen LogP contribution in [0.15, 0.2) is 30.3 Å². The first kappa shape index (κ1) is 18.2. The van der Waals surface area contributed by atoms with E-state index in [1.807, 2.05) is 12.1 Å². The molecular weight excluding hydrogens is 328 g/mol. The molecule has 0 radical (unpaired) electrons. The summed E-state index contributed by atoms with van der Waals surface area (Å²) in [4.78, 5) is 21.4. The van der Waals surface area contributed by atoms with Crippen LogP contribution in [0.1, 0.15) is 54.8 Å². The van der Waals surface area contributed by atoms with Crippen LogP contribution in [0.2, 0.25) is 0 Å². The van der Waals surface area contributed by atoms with E-state index in [-0.39, 0.29) is 5.91 Å². The third kappa shape index (κ3) is 4.71. The Kier molecular flexibility index (Phi) is 6.04. The van der Waals surface area contributed by atoms with Gasteiger partial charge in [0, 0.05) is 12.1 Å². The van der Waals surface area contributed by atoms with E-state index in [4.69, 9.17) is 4.74 Å². The summed E-state index contributed by atoms with van der Waals surface area (Å²) in [5.74, 6) is 1.63. The van der Waals surface area contributed by atoms with E-state index >= 15 is 0 Å². The average molecular weight is 354 g/mol. The van der Waals surface area contributed by atoms with Gasteiger partial charge in [0.2, 0.25) is 0 Å². The van der Waals surface area contributed by atoms with Gasteiger partial charge in [-0.2, -0.15) is 0 Å². The monoisotopic (exact) mass is 354 g/mol. The molecule has 1 aliphatic carbocycles. The zero-order chi connectivity index (χ0) is 18.4. The van der Waals surface area contributed by atoms with Gasteiger partial charge in [0.05, 0.1) is 12.8 Å². The van der Waals surface area contributed by atoms with Gasteiger partial charge < -0.3 is 15.4 Å². The molecule has 1 aromatic heterocycles. The lowest BCUT2D eigenvalue weighted by molar-refractivity contribution is 0.102. The van der Waals surface area contributed by atoms with Crippen molar-refractivity contribution in [2.75, 3.05) is 17.7 Å². The number of para-hydroxylation sites is 2. The number of anilines is 2. The van der Waals surface area contributed by atoms with Gasteiger partial charge in [-0.05, 0) is 31.9 Å². The first-order valence-corrected chi connectivity index (χ1v) is 9.22. The van der Waals surface area contributed by atoms with Crippen LogP contribution in [0.4, 0.5) is 11.5 Å². The number of hydrogen-bond acceptors (Lipinski definition) is 5. The van der Waals surface area contributed by atoms with Crippen LogP contribution in [-0.2, 0) is 0 Å². The first-order chi connectivity index (χ1) is 12.7. The molecule has 0 unspecified atom stereocenters. The van der Waals surface area contributed by atoms with Crippen molar-refractivity contribution in [1.82, 2.24) is 9.97 Å². The number of rotatable bonds is 5. The number of nitrogens with zero attached hydrogens (tertiary/aromatic N) is 2. The third-order valence-corrected chi connectivity index (χ3v) is 4.63. The molecule has 0 saturated heterocycles. The molecule has 0 atom stereocenters. The summed E-state index contributed by atoms with van der Waals surface area (Å²) in [6.07, 6.45) is 7.37. The third-order valence-electron chi connectivity index (χ3n) is 4.63. The molecule has 1 saturated carbocycles. The van der Waals surface area contributed by atoms with Gasteiger partial charge in [-0.15, -0.1) is 0 Å². The van der Waals surface area contributed by atoms with E-state index in [1.54, 1.807) is 32.2 Å². The van der Waals surface area contributed by atoms with Gasteiger partial charge in [-0.3, -0.25) is 4.79 Å². The zero-order valence-electron chi connectivity index (χ0n) is 15.4. The van der Waals surface area contributed by atoms with E-state index in [0.717, 1.165) is 18.7 Å². The number of amides is 1. The van der Waals surface area contributed by atoms with Crippen molar-refractivity contribution in [2.24, 2.45) is 0 Å². The van der Waals surface area contributed by atoms with E-state index in [9.17, 15) is 4.79 Å². The maximum absolute atomic E-state index is 12.6. The highest BCUT2D eigenvalue weighted by molar-refractivity contribution is 6.04. The number of carbonyl (C=O) groups excluding carboxylic acids is 1. The van der Waals surface area contributed by atoms with Crippen molar-refractivity contribution in [3.05, 3.63) is 41.9 Å². The summed E-state index contributed by atoms with van der Waals surface area (Å²) in [7, 11) is 1.58. The van der Waals surface area contributed by atoms with E-state index in [2.05, 4.69) is 20.6 Å². The summed E-state index contributed by atoms with van der Waals surface area (Å²) < 4.78 is 5.28. The van der Waals surface area contributed by atoms with Crippen molar-refractivity contribution in [3.63, 3.8) is 0 Å². The number of aryl methyl sites for hydroxylation is 1. The number of hydrogen-bond donors (Lipinski definition) is 2. The minimum Gasteiger partial charge on any atom is -0.495 e. The Morgan fingerprint density at radius 3 is 2.58 bits per heavy atom. The number of ether oxygens (including phenoxy) is 1. The quantitative estimate of drug-likeness (QED) is 0.788. The number of nitrogens with one attached hydrogen (secondary N) is 2. The fraction of sp³-hybridized carbons (Fsp3) is 0.450. The largest absolute Gasteiger partial charge is 0.495 e. The maximum atomic E-state index is 12.6. The Morgan fingerprint density at radius 1 is 1.12 bits per heavy atom. The molecule has 1 aliphatic rings. The molecule has 2 N–H and O–H groups in total. The van der Waals surface area contributed by atoms with Gasteiger partial charge in [0.15, 0.2) is 0 Å². The van der Waals surface area contributed by atoms with Crippen LogP contribution in [0.25, 0.3) is 0 Å². The molecule has 1 fully saturated rings. The van der Waals surface area contributed by atoms with E-state index < -0.39 is 0 Å². The summed E-state index contributed by atoms with van der Waals surface area (Å²) in [6.45, 7) is 1.80. The lowest BCUT2D eigenvalue weighted by atomic mass is 10.1. The Labute approximate surface area is 154 Å². The highest BCUT2D eigenvalue weighted by Gasteiger charge is 2.16. The Balaban J connectivity index is 1.74. The van der Waals surface area contributed by atoms with Crippen LogP contribution in [-0.4, -0.2) is 29.0 Å². The number of methoxy groups -OCH3 is 1. The van der Waals surface area contributed by atoms with Crippen molar-refractivity contribution >= 4 is 17.4 Å². The lowest BCUT2D eigenvalue weighted by Crippen LogP contribution is -2.21. The fourth-order valence-electron chi connectivity index (χ4n) is 3.33. The normalized spacial score (nSPS) is 15.2. The molecule has 26 heavy (non-hydrogen) atoms. The Morgan fingerprint density at radius 2 is 1.85 bits per heavy atom. The van der Waals surface area contributed by atoms with Crippen molar-refractivity contribution in [2.45, 2.75) is 51.5 Å². The zero-order valence-corrected chi connectivity index (χ0v) is 15.4. The predicted molar refractivity (Wildman–Crippen MR) is 103 cm³/mol. The molecule has 138 valence electrons. The number of benzene rings is 1. The molecule has 3 rings (SSSR count). The summed E-state index contributed by atoms with van der Waals surface area (Å²) >= 11 is 0.